The van der Waals surface area contributed by atoms with E-state index in [9.17, 15) is 5.11 Å². The van der Waals surface area contributed by atoms with Gasteiger partial charge in [0.15, 0.2) is 0 Å². The maximum Gasteiger partial charge on any atom is 0.120 e. The van der Waals surface area contributed by atoms with Crippen LogP contribution < -0.4 is 5.32 Å². The first-order valence-electron chi connectivity index (χ1n) is 6.62. The molecule has 1 aromatic carbocycles. The first kappa shape index (κ1) is 18.3. The number of nitrogens with zero attached hydrogens (tertiary/aromatic N) is 1. The molecule has 1 saturated heterocycles. The maximum atomic E-state index is 10.2. The van der Waals surface area contributed by atoms with E-state index in [1.54, 1.807) is 17.4 Å². The zero-order chi connectivity index (χ0) is 13.1. The average Bonchev–Trinajstić information content (AvgIpc) is 2.96. The molecular weight excluding hydrogens is 327 g/mol. The van der Waals surface area contributed by atoms with Crippen molar-refractivity contribution in [3.05, 3.63) is 52.2 Å². The summed E-state index contributed by atoms with van der Waals surface area (Å²) < 4.78 is 0. The molecule has 1 atom stereocenters. The van der Waals surface area contributed by atoms with Gasteiger partial charge in [0, 0.05) is 36.6 Å². The first-order valence-corrected chi connectivity index (χ1v) is 7.50. The summed E-state index contributed by atoms with van der Waals surface area (Å²) in [4.78, 5) is 3.74. The van der Waals surface area contributed by atoms with Crippen molar-refractivity contribution in [1.82, 2.24) is 10.2 Å². The fraction of sp³-hybridized carbons (Fsp3) is 0.333. The summed E-state index contributed by atoms with van der Waals surface area (Å²) in [5.74, 6) is 0.388. The Kier molecular flexibility index (Phi) is 7.49. The topological polar surface area (TPSA) is 35.5 Å². The van der Waals surface area contributed by atoms with Crippen molar-refractivity contribution in [2.75, 3.05) is 26.2 Å². The van der Waals surface area contributed by atoms with E-state index in [0.29, 0.717) is 5.75 Å². The molecular formula is C15H20Cl2N2OS. The minimum absolute atomic E-state index is 0. The lowest BCUT2D eigenvalue weighted by Gasteiger charge is -2.35. The number of hydrogen-bond donors (Lipinski definition) is 2. The van der Waals surface area contributed by atoms with Gasteiger partial charge < -0.3 is 10.4 Å². The number of benzene rings is 1. The summed E-state index contributed by atoms with van der Waals surface area (Å²) in [5, 5.41) is 15.7. The zero-order valence-electron chi connectivity index (χ0n) is 11.6. The molecule has 21 heavy (non-hydrogen) atoms. The lowest BCUT2D eigenvalue weighted by Crippen LogP contribution is -2.45. The number of thiophene rings is 1. The van der Waals surface area contributed by atoms with Crippen LogP contribution in [-0.4, -0.2) is 36.2 Å². The normalized spacial score (nSPS) is 16.6. The molecule has 0 aliphatic carbocycles. The summed E-state index contributed by atoms with van der Waals surface area (Å²) >= 11 is 1.76. The third kappa shape index (κ3) is 4.11. The minimum Gasteiger partial charge on any atom is -0.508 e. The predicted molar refractivity (Wildman–Crippen MR) is 93.2 cm³/mol. The van der Waals surface area contributed by atoms with E-state index in [2.05, 4.69) is 27.7 Å². The molecule has 0 bridgehead atoms. The number of nitrogens with one attached hydrogen (secondary N) is 1. The van der Waals surface area contributed by atoms with Gasteiger partial charge in [-0.2, -0.15) is 0 Å². The van der Waals surface area contributed by atoms with Gasteiger partial charge in [0.1, 0.15) is 5.75 Å². The van der Waals surface area contributed by atoms with Crippen LogP contribution in [0.4, 0.5) is 0 Å². The molecule has 1 fully saturated rings. The fourth-order valence-corrected chi connectivity index (χ4v) is 3.51. The summed E-state index contributed by atoms with van der Waals surface area (Å²) in [6.45, 7) is 4.04. The lowest BCUT2D eigenvalue weighted by atomic mass is 10.0. The van der Waals surface area contributed by atoms with Crippen molar-refractivity contribution in [2.45, 2.75) is 6.04 Å². The molecule has 2 aromatic rings. The number of piperazine rings is 1. The van der Waals surface area contributed by atoms with Crippen molar-refractivity contribution >= 4 is 36.2 Å². The van der Waals surface area contributed by atoms with Gasteiger partial charge in [-0.1, -0.05) is 24.3 Å². The second-order valence-electron chi connectivity index (χ2n) is 4.76. The Balaban J connectivity index is 0.00000110. The molecule has 1 aliphatic rings. The largest absolute Gasteiger partial charge is 0.508 e. The van der Waals surface area contributed by atoms with Gasteiger partial charge in [-0.15, -0.1) is 36.2 Å². The molecule has 0 saturated carbocycles. The molecule has 3 rings (SSSR count). The molecule has 0 radical (unpaired) electrons. The molecule has 0 amide bonds. The van der Waals surface area contributed by atoms with E-state index in [1.165, 1.54) is 4.88 Å². The van der Waals surface area contributed by atoms with Crippen LogP contribution in [0.5, 0.6) is 5.75 Å². The molecule has 2 heterocycles. The Hall–Kier alpha value is -0.780. The molecule has 3 nitrogen and oxygen atoms in total. The van der Waals surface area contributed by atoms with Gasteiger partial charge >= 0.3 is 0 Å². The van der Waals surface area contributed by atoms with Crippen LogP contribution in [0.1, 0.15) is 16.5 Å². The van der Waals surface area contributed by atoms with Crippen molar-refractivity contribution in [3.63, 3.8) is 0 Å². The van der Waals surface area contributed by atoms with E-state index in [4.69, 9.17) is 0 Å². The van der Waals surface area contributed by atoms with Crippen LogP contribution >= 0.6 is 36.2 Å². The molecule has 0 spiro atoms. The molecule has 1 aliphatic heterocycles. The van der Waals surface area contributed by atoms with Gasteiger partial charge in [-0.05, 0) is 17.5 Å². The van der Waals surface area contributed by atoms with Gasteiger partial charge in [-0.25, -0.2) is 0 Å². The quantitative estimate of drug-likeness (QED) is 0.894. The Labute approximate surface area is 141 Å². The third-order valence-electron chi connectivity index (χ3n) is 3.56. The molecule has 116 valence electrons. The predicted octanol–water partition coefficient (Wildman–Crippen LogP) is 3.29. The summed E-state index contributed by atoms with van der Waals surface area (Å²) in [5.41, 5.74) is 1.01. The fourth-order valence-electron chi connectivity index (χ4n) is 2.64. The molecule has 2 N–H and O–H groups in total. The van der Waals surface area contributed by atoms with E-state index in [0.717, 1.165) is 31.7 Å². The summed E-state index contributed by atoms with van der Waals surface area (Å²) in [7, 11) is 0. The van der Waals surface area contributed by atoms with Crippen LogP contribution in [0.2, 0.25) is 0 Å². The minimum atomic E-state index is 0. The Bertz CT molecular complexity index is 530. The second-order valence-corrected chi connectivity index (χ2v) is 5.74. The highest BCUT2D eigenvalue weighted by Crippen LogP contribution is 2.36. The first-order chi connectivity index (χ1) is 9.36. The van der Waals surface area contributed by atoms with Crippen LogP contribution in [0.25, 0.3) is 0 Å². The molecule has 0 unspecified atom stereocenters. The zero-order valence-corrected chi connectivity index (χ0v) is 14.0. The van der Waals surface area contributed by atoms with E-state index in [-0.39, 0.29) is 30.9 Å². The van der Waals surface area contributed by atoms with Gasteiger partial charge in [-0.3, -0.25) is 4.90 Å². The van der Waals surface area contributed by atoms with Crippen LogP contribution in [0.15, 0.2) is 41.8 Å². The lowest BCUT2D eigenvalue weighted by molar-refractivity contribution is 0.198. The van der Waals surface area contributed by atoms with Crippen molar-refractivity contribution in [2.24, 2.45) is 0 Å². The monoisotopic (exact) mass is 346 g/mol. The molecule has 6 heteroatoms. The van der Waals surface area contributed by atoms with Crippen LogP contribution in [-0.2, 0) is 0 Å². The van der Waals surface area contributed by atoms with Gasteiger partial charge in [0.05, 0.1) is 6.04 Å². The number of halogens is 2. The SMILES string of the molecule is Cl.Cl.Oc1ccccc1[C@H](c1cccs1)N1CCNCC1. The third-order valence-corrected chi connectivity index (χ3v) is 4.49. The highest BCUT2D eigenvalue weighted by Gasteiger charge is 2.26. The van der Waals surface area contributed by atoms with Crippen molar-refractivity contribution < 1.29 is 5.11 Å². The molecule has 1 aromatic heterocycles. The number of para-hydroxylation sites is 1. The standard InChI is InChI=1S/C15H18N2OS.2ClH/c18-13-5-2-1-4-12(13)15(14-6-3-11-19-14)17-9-7-16-8-10-17;;/h1-6,11,15-16,18H,7-10H2;2*1H/t15-;;/m1../s1. The van der Waals surface area contributed by atoms with E-state index >= 15 is 0 Å². The average molecular weight is 347 g/mol. The Morgan fingerprint density at radius 2 is 1.76 bits per heavy atom. The van der Waals surface area contributed by atoms with E-state index in [1.807, 2.05) is 18.2 Å². The number of aromatic hydroxyl groups is 1. The number of hydrogen-bond acceptors (Lipinski definition) is 4. The van der Waals surface area contributed by atoms with Crippen LogP contribution in [0.3, 0.4) is 0 Å². The maximum absolute atomic E-state index is 10.2. The van der Waals surface area contributed by atoms with Crippen molar-refractivity contribution in [1.29, 1.82) is 0 Å². The summed E-state index contributed by atoms with van der Waals surface area (Å²) in [6.07, 6.45) is 0. The number of rotatable bonds is 3. The number of phenols is 1. The van der Waals surface area contributed by atoms with Gasteiger partial charge in [0.2, 0.25) is 0 Å². The van der Waals surface area contributed by atoms with E-state index < -0.39 is 0 Å². The number of phenolic OH excluding ortho intramolecular Hbond substituents is 1. The van der Waals surface area contributed by atoms with Crippen LogP contribution in [0, 0.1) is 0 Å². The summed E-state index contributed by atoms with van der Waals surface area (Å²) in [6, 6.07) is 12.1. The highest BCUT2D eigenvalue weighted by atomic mass is 35.5. The smallest absolute Gasteiger partial charge is 0.120 e. The van der Waals surface area contributed by atoms with Gasteiger partial charge in [0.25, 0.3) is 0 Å². The Morgan fingerprint density at radius 1 is 1.05 bits per heavy atom. The van der Waals surface area contributed by atoms with Crippen molar-refractivity contribution in [3.8, 4) is 5.75 Å². The highest BCUT2D eigenvalue weighted by molar-refractivity contribution is 7.10. The Morgan fingerprint density at radius 3 is 2.38 bits per heavy atom. The second kappa shape index (κ2) is 8.61.